The van der Waals surface area contributed by atoms with Gasteiger partial charge in [-0.3, -0.25) is 0 Å². The van der Waals surface area contributed by atoms with Gasteiger partial charge in [0.15, 0.2) is 0 Å². The van der Waals surface area contributed by atoms with Crippen molar-refractivity contribution in [3.8, 4) is 0 Å². The first kappa shape index (κ1) is 17.3. The Morgan fingerprint density at radius 2 is 1.76 bits per heavy atom. The molecule has 1 saturated heterocycles. The van der Waals surface area contributed by atoms with Gasteiger partial charge in [-0.2, -0.15) is 0 Å². The molecule has 0 amide bonds. The Hall–Kier alpha value is -0.0800. The fraction of sp³-hybridized carbons (Fsp3) is 1.00. The van der Waals surface area contributed by atoms with Crippen LogP contribution in [0.4, 0.5) is 0 Å². The molecule has 2 aliphatic rings. The van der Waals surface area contributed by atoms with Gasteiger partial charge in [0.1, 0.15) is 0 Å². The van der Waals surface area contributed by atoms with E-state index in [1.807, 2.05) is 0 Å². The van der Waals surface area contributed by atoms with Gasteiger partial charge < -0.3 is 10.1 Å². The minimum atomic E-state index is 0.158. The van der Waals surface area contributed by atoms with Gasteiger partial charge >= 0.3 is 0 Å². The predicted octanol–water partition coefficient (Wildman–Crippen LogP) is 5.06. The summed E-state index contributed by atoms with van der Waals surface area (Å²) in [5.41, 5.74) is 0.158. The van der Waals surface area contributed by atoms with Crippen LogP contribution in [0.3, 0.4) is 0 Å². The smallest absolute Gasteiger partial charge is 0.0692 e. The fourth-order valence-electron chi connectivity index (χ4n) is 4.49. The van der Waals surface area contributed by atoms with E-state index in [2.05, 4.69) is 26.1 Å². The largest absolute Gasteiger partial charge is 0.375 e. The van der Waals surface area contributed by atoms with Gasteiger partial charge in [0, 0.05) is 18.7 Å². The molecule has 0 bridgehead atoms. The first-order valence-corrected chi connectivity index (χ1v) is 9.61. The maximum absolute atomic E-state index is 6.12. The summed E-state index contributed by atoms with van der Waals surface area (Å²) in [5.74, 6) is 1.00. The summed E-state index contributed by atoms with van der Waals surface area (Å²) in [7, 11) is 0. The molecule has 3 unspecified atom stereocenters. The molecule has 0 spiro atoms. The minimum absolute atomic E-state index is 0.158. The van der Waals surface area contributed by atoms with Crippen LogP contribution in [0.25, 0.3) is 0 Å². The first-order chi connectivity index (χ1) is 10.2. The molecule has 124 valence electrons. The molecule has 21 heavy (non-hydrogen) atoms. The molecule has 0 aromatic rings. The fourth-order valence-corrected chi connectivity index (χ4v) is 4.49. The van der Waals surface area contributed by atoms with E-state index in [1.54, 1.807) is 0 Å². The number of rotatable bonds is 6. The van der Waals surface area contributed by atoms with Gasteiger partial charge in [-0.15, -0.1) is 0 Å². The van der Waals surface area contributed by atoms with E-state index in [-0.39, 0.29) is 5.60 Å². The average molecular weight is 296 g/mol. The number of hydrogen-bond acceptors (Lipinski definition) is 2. The van der Waals surface area contributed by atoms with Crippen molar-refractivity contribution in [1.29, 1.82) is 0 Å². The second kappa shape index (κ2) is 8.53. The summed E-state index contributed by atoms with van der Waals surface area (Å²) in [5, 5.41) is 4.00. The first-order valence-electron chi connectivity index (χ1n) is 9.61. The van der Waals surface area contributed by atoms with Crippen LogP contribution in [0.1, 0.15) is 91.4 Å². The summed E-state index contributed by atoms with van der Waals surface area (Å²) < 4.78 is 6.12. The topological polar surface area (TPSA) is 21.3 Å². The Morgan fingerprint density at radius 1 is 0.952 bits per heavy atom. The molecule has 1 aliphatic heterocycles. The molecule has 2 heteroatoms. The van der Waals surface area contributed by atoms with Crippen molar-refractivity contribution in [3.05, 3.63) is 0 Å². The highest BCUT2D eigenvalue weighted by molar-refractivity contribution is 4.90. The zero-order chi connectivity index (χ0) is 15.1. The van der Waals surface area contributed by atoms with Gasteiger partial charge in [0.2, 0.25) is 0 Å². The molecule has 1 saturated carbocycles. The summed E-state index contributed by atoms with van der Waals surface area (Å²) in [6.07, 6.45) is 14.7. The lowest BCUT2D eigenvalue weighted by Crippen LogP contribution is -2.49. The van der Waals surface area contributed by atoms with Crippen molar-refractivity contribution >= 4 is 0 Å². The molecule has 1 aliphatic carbocycles. The third kappa shape index (κ3) is 4.96. The van der Waals surface area contributed by atoms with Gasteiger partial charge in [0.05, 0.1) is 5.60 Å². The lowest BCUT2D eigenvalue weighted by Gasteiger charge is -2.41. The van der Waals surface area contributed by atoms with E-state index in [0.29, 0.717) is 6.04 Å². The molecule has 3 atom stereocenters. The van der Waals surface area contributed by atoms with Gasteiger partial charge in [-0.05, 0) is 50.9 Å². The highest BCUT2D eigenvalue weighted by Crippen LogP contribution is 2.33. The third-order valence-electron chi connectivity index (χ3n) is 6.04. The number of ether oxygens (including phenoxy) is 1. The molecule has 0 aromatic heterocycles. The Kier molecular flexibility index (Phi) is 7.01. The summed E-state index contributed by atoms with van der Waals surface area (Å²) in [6, 6.07) is 1.45. The van der Waals surface area contributed by atoms with Crippen molar-refractivity contribution in [1.82, 2.24) is 5.32 Å². The third-order valence-corrected chi connectivity index (χ3v) is 6.04. The van der Waals surface area contributed by atoms with Crippen molar-refractivity contribution in [2.75, 3.05) is 6.61 Å². The molecular weight excluding hydrogens is 258 g/mol. The van der Waals surface area contributed by atoms with E-state index in [9.17, 15) is 0 Å². The van der Waals surface area contributed by atoms with Crippen molar-refractivity contribution in [2.45, 2.75) is 109 Å². The molecule has 0 aromatic carbocycles. The highest BCUT2D eigenvalue weighted by atomic mass is 16.5. The predicted molar refractivity (Wildman–Crippen MR) is 90.7 cm³/mol. The SMILES string of the molecule is CCCC1CCCC(NC2CCOC(CC)(CC)C2)CC1. The Labute approximate surface area is 132 Å². The van der Waals surface area contributed by atoms with Crippen molar-refractivity contribution < 1.29 is 4.74 Å². The van der Waals surface area contributed by atoms with E-state index in [4.69, 9.17) is 4.74 Å². The van der Waals surface area contributed by atoms with E-state index in [1.165, 1.54) is 57.8 Å². The van der Waals surface area contributed by atoms with Crippen LogP contribution in [-0.2, 0) is 4.74 Å². The Bertz CT molecular complexity index is 287. The van der Waals surface area contributed by atoms with Crippen LogP contribution < -0.4 is 5.32 Å². The standard InChI is InChI=1S/C19H37NO/c1-4-8-16-9-7-10-17(12-11-16)20-18-13-14-21-19(5-2,6-3)15-18/h16-18,20H,4-15H2,1-3H3. The van der Waals surface area contributed by atoms with E-state index >= 15 is 0 Å². The van der Waals surface area contributed by atoms with Gasteiger partial charge in [0.25, 0.3) is 0 Å². The quantitative estimate of drug-likeness (QED) is 0.691. The maximum atomic E-state index is 6.12. The Balaban J connectivity index is 1.81. The molecule has 2 nitrogen and oxygen atoms in total. The molecule has 0 radical (unpaired) electrons. The average Bonchev–Trinajstić information content (AvgIpc) is 2.73. The highest BCUT2D eigenvalue weighted by Gasteiger charge is 2.35. The molecule has 2 fully saturated rings. The van der Waals surface area contributed by atoms with Crippen LogP contribution in [0.15, 0.2) is 0 Å². The summed E-state index contributed by atoms with van der Waals surface area (Å²) in [6.45, 7) is 7.85. The summed E-state index contributed by atoms with van der Waals surface area (Å²) >= 11 is 0. The molecule has 1 heterocycles. The zero-order valence-electron chi connectivity index (χ0n) is 14.6. The second-order valence-electron chi connectivity index (χ2n) is 7.45. The van der Waals surface area contributed by atoms with Crippen LogP contribution >= 0.6 is 0 Å². The van der Waals surface area contributed by atoms with Crippen molar-refractivity contribution in [3.63, 3.8) is 0 Å². The van der Waals surface area contributed by atoms with Gasteiger partial charge in [-0.1, -0.05) is 46.5 Å². The second-order valence-corrected chi connectivity index (χ2v) is 7.45. The Morgan fingerprint density at radius 3 is 2.48 bits per heavy atom. The number of nitrogens with one attached hydrogen (secondary N) is 1. The molecular formula is C19H37NO. The lowest BCUT2D eigenvalue weighted by atomic mass is 9.85. The molecule has 2 rings (SSSR count). The van der Waals surface area contributed by atoms with E-state index < -0.39 is 0 Å². The number of hydrogen-bond donors (Lipinski definition) is 1. The normalized spacial score (nSPS) is 33.6. The molecule has 1 N–H and O–H groups in total. The van der Waals surface area contributed by atoms with Crippen LogP contribution in [0, 0.1) is 5.92 Å². The maximum Gasteiger partial charge on any atom is 0.0692 e. The van der Waals surface area contributed by atoms with Crippen LogP contribution in [0.5, 0.6) is 0 Å². The summed E-state index contributed by atoms with van der Waals surface area (Å²) in [4.78, 5) is 0. The monoisotopic (exact) mass is 295 g/mol. The van der Waals surface area contributed by atoms with Crippen molar-refractivity contribution in [2.24, 2.45) is 5.92 Å². The van der Waals surface area contributed by atoms with Crippen LogP contribution in [0.2, 0.25) is 0 Å². The minimum Gasteiger partial charge on any atom is -0.375 e. The lowest BCUT2D eigenvalue weighted by molar-refractivity contribution is -0.0942. The van der Waals surface area contributed by atoms with E-state index in [0.717, 1.165) is 31.4 Å². The zero-order valence-corrected chi connectivity index (χ0v) is 14.6. The van der Waals surface area contributed by atoms with Crippen LogP contribution in [-0.4, -0.2) is 24.3 Å². The van der Waals surface area contributed by atoms with Gasteiger partial charge in [-0.25, -0.2) is 0 Å².